The molecule has 0 spiro atoms. The normalized spacial score (nSPS) is 12.5. The Morgan fingerprint density at radius 3 is 1.71 bits per heavy atom. The van der Waals surface area contributed by atoms with Gasteiger partial charge in [0.25, 0.3) is 22.9 Å². The van der Waals surface area contributed by atoms with Gasteiger partial charge in [-0.2, -0.15) is 0 Å². The second kappa shape index (κ2) is 33.2. The predicted molar refractivity (Wildman–Crippen MR) is 288 cm³/mol. The molecule has 1 unspecified atom stereocenters. The van der Waals surface area contributed by atoms with Crippen LogP contribution in [0.3, 0.4) is 0 Å². The number of hydrogen-bond donors (Lipinski definition) is 8. The monoisotopic (exact) mass is 1080 g/mol. The van der Waals surface area contributed by atoms with Crippen LogP contribution < -0.4 is 43.0 Å². The number of esters is 1. The van der Waals surface area contributed by atoms with E-state index in [1.54, 1.807) is 58.2 Å². The summed E-state index contributed by atoms with van der Waals surface area (Å²) in [6.45, 7) is 9.34. The highest BCUT2D eigenvalue weighted by molar-refractivity contribution is 6.02. The number of aliphatic carboxylic acids is 2. The topological polar surface area (TPSA) is 337 Å². The number of carbonyl (C=O) groups excluding carboxylic acids is 7. The molecular weight excluding hydrogens is 1010 g/mol. The number of allylic oxidation sites excluding steroid dienone is 2. The predicted octanol–water partition coefficient (Wildman–Crippen LogP) is 3.39. The Bertz CT molecular complexity index is 2870. The summed E-state index contributed by atoms with van der Waals surface area (Å²) < 4.78 is 8.55. The molecule has 8 N–H and O–H groups in total. The van der Waals surface area contributed by atoms with Gasteiger partial charge in [0.1, 0.15) is 48.3 Å². The molecule has 0 radical (unpaired) electrons. The minimum absolute atomic E-state index is 0.0545. The number of hydrogen-bond acceptors (Lipinski definition) is 13. The fraction of sp³-hybridized carbons (Fsp3) is 0.407. The van der Waals surface area contributed by atoms with E-state index < -0.39 is 83.2 Å². The fourth-order valence-electron chi connectivity index (χ4n) is 7.31. The second-order valence-electron chi connectivity index (χ2n) is 17.8. The number of aryl methyl sites for hydroxylation is 1. The summed E-state index contributed by atoms with van der Waals surface area (Å²) >= 11 is 0. The van der Waals surface area contributed by atoms with Gasteiger partial charge >= 0.3 is 17.9 Å². The Balaban J connectivity index is 0.000000412. The number of carboxylic acid groups (broad SMARTS) is 2. The van der Waals surface area contributed by atoms with Crippen LogP contribution >= 0.6 is 0 Å². The number of rotatable bonds is 29. The summed E-state index contributed by atoms with van der Waals surface area (Å²) in [5.41, 5.74) is -0.903. The number of pyridine rings is 2. The number of aromatic nitrogens is 4. The number of carbonyl (C=O) groups is 9. The van der Waals surface area contributed by atoms with E-state index in [-0.39, 0.29) is 67.7 Å². The second-order valence-corrected chi connectivity index (χ2v) is 17.8. The maximum atomic E-state index is 13.2. The molecule has 0 aliphatic heterocycles. The van der Waals surface area contributed by atoms with Crippen molar-refractivity contribution >= 4 is 64.7 Å². The smallest absolute Gasteiger partial charge is 0.330 e. The van der Waals surface area contributed by atoms with Gasteiger partial charge in [-0.25, -0.2) is 19.4 Å². The lowest BCUT2D eigenvalue weighted by atomic mass is 9.99. The van der Waals surface area contributed by atoms with Crippen molar-refractivity contribution in [1.82, 2.24) is 40.0 Å². The lowest BCUT2D eigenvalue weighted by molar-refractivity contribution is -0.143. The molecule has 78 heavy (non-hydrogen) atoms. The molecule has 6 amide bonds. The van der Waals surface area contributed by atoms with Crippen molar-refractivity contribution in [2.75, 3.05) is 23.8 Å². The summed E-state index contributed by atoms with van der Waals surface area (Å²) in [7, 11) is 1.62. The zero-order chi connectivity index (χ0) is 57.7. The van der Waals surface area contributed by atoms with Gasteiger partial charge in [0.05, 0.1) is 19.1 Å². The summed E-state index contributed by atoms with van der Waals surface area (Å²) in [5.74, 6) is -6.20. The maximum absolute atomic E-state index is 13.2. The van der Waals surface area contributed by atoms with Crippen LogP contribution in [-0.2, 0) is 58.4 Å². The van der Waals surface area contributed by atoms with Gasteiger partial charge < -0.3 is 60.6 Å². The van der Waals surface area contributed by atoms with E-state index >= 15 is 0 Å². The molecule has 0 aliphatic rings. The number of benzene rings is 1. The molecular formula is C54H70N10O14. The largest absolute Gasteiger partial charge is 0.480 e. The van der Waals surface area contributed by atoms with Crippen LogP contribution in [0, 0.1) is 11.8 Å². The Morgan fingerprint density at radius 1 is 0.679 bits per heavy atom. The maximum Gasteiger partial charge on any atom is 0.330 e. The first-order valence-corrected chi connectivity index (χ1v) is 25.4. The number of nitrogens with zero attached hydrogens (tertiary/aromatic N) is 4. The molecule has 4 atom stereocenters. The van der Waals surface area contributed by atoms with Crippen molar-refractivity contribution < 1.29 is 58.1 Å². The number of ether oxygens (including phenoxy) is 1. The van der Waals surface area contributed by atoms with Crippen LogP contribution in [0.2, 0.25) is 0 Å². The Kier molecular flexibility index (Phi) is 26.9. The molecule has 4 aromatic rings. The lowest BCUT2D eigenvalue weighted by Crippen LogP contribution is -2.47. The van der Waals surface area contributed by atoms with Crippen molar-refractivity contribution in [2.45, 2.75) is 111 Å². The first kappa shape index (κ1) is 63.3. The summed E-state index contributed by atoms with van der Waals surface area (Å²) in [6.07, 6.45) is 13.6. The molecule has 24 nitrogen and oxygen atoms in total. The molecule has 0 saturated heterocycles. The van der Waals surface area contributed by atoms with E-state index in [0.717, 1.165) is 23.5 Å². The third kappa shape index (κ3) is 21.3. The zero-order valence-electron chi connectivity index (χ0n) is 44.6. The van der Waals surface area contributed by atoms with Gasteiger partial charge in [0.15, 0.2) is 0 Å². The van der Waals surface area contributed by atoms with Gasteiger partial charge in [-0.05, 0) is 80.8 Å². The highest BCUT2D eigenvalue weighted by Crippen LogP contribution is 2.11. The van der Waals surface area contributed by atoms with Crippen LogP contribution in [0.5, 0.6) is 0 Å². The molecule has 0 bridgehead atoms. The van der Waals surface area contributed by atoms with Gasteiger partial charge in [-0.15, -0.1) is 0 Å². The number of amides is 6. The van der Waals surface area contributed by atoms with E-state index in [0.29, 0.717) is 24.4 Å². The number of nitrogens with one attached hydrogen (secondary N) is 6. The van der Waals surface area contributed by atoms with E-state index in [9.17, 15) is 57.8 Å². The Morgan fingerprint density at radius 2 is 1.22 bits per heavy atom. The Labute approximate surface area is 450 Å². The van der Waals surface area contributed by atoms with Crippen molar-refractivity contribution in [3.63, 3.8) is 0 Å². The first-order chi connectivity index (χ1) is 37.2. The number of carboxylic acids is 2. The van der Waals surface area contributed by atoms with Crippen molar-refractivity contribution in [3.05, 3.63) is 136 Å². The van der Waals surface area contributed by atoms with Crippen molar-refractivity contribution in [3.8, 4) is 0 Å². The molecule has 0 saturated carbocycles. The Hall–Kier alpha value is -8.96. The van der Waals surface area contributed by atoms with Gasteiger partial charge in [0.2, 0.25) is 23.6 Å². The van der Waals surface area contributed by atoms with E-state index in [2.05, 4.69) is 36.9 Å². The van der Waals surface area contributed by atoms with Crippen LogP contribution in [0.15, 0.2) is 113 Å². The highest BCUT2D eigenvalue weighted by Gasteiger charge is 2.27. The molecule has 3 heterocycles. The number of imidazole rings is 1. The van der Waals surface area contributed by atoms with Gasteiger partial charge in [-0.1, -0.05) is 77.3 Å². The van der Waals surface area contributed by atoms with E-state index in [1.807, 2.05) is 13.8 Å². The molecule has 0 fully saturated rings. The quantitative estimate of drug-likeness (QED) is 0.0285. The lowest BCUT2D eigenvalue weighted by Gasteiger charge is -2.20. The average Bonchev–Trinajstić information content (AvgIpc) is 3.86. The summed E-state index contributed by atoms with van der Waals surface area (Å²) in [4.78, 5) is 140. The molecule has 1 aromatic carbocycles. The highest BCUT2D eigenvalue weighted by atomic mass is 16.5. The zero-order valence-corrected chi connectivity index (χ0v) is 44.6. The molecule has 4 rings (SSSR count). The van der Waals surface area contributed by atoms with Crippen LogP contribution in [-0.4, -0.2) is 114 Å². The van der Waals surface area contributed by atoms with E-state index in [4.69, 9.17) is 9.84 Å². The summed E-state index contributed by atoms with van der Waals surface area (Å²) in [6, 6.07) is 10.8. The minimum atomic E-state index is -1.18. The van der Waals surface area contributed by atoms with Crippen LogP contribution in [0.1, 0.15) is 100 Å². The van der Waals surface area contributed by atoms with Gasteiger partial charge in [-0.3, -0.25) is 38.4 Å². The van der Waals surface area contributed by atoms with Crippen molar-refractivity contribution in [1.29, 1.82) is 0 Å². The summed E-state index contributed by atoms with van der Waals surface area (Å²) in [5, 5.41) is 33.7. The molecule has 420 valence electrons. The standard InChI is InChI=1S/C29H36N4O8.C25H34N6O6/c1-4-19(3)25(29(39)40)32-23(34)18-33-17-11-15-22(28(33)38)31-27(37)21(14-9-10-16-24(35)41-5-2)30-26(36)20-12-7-6-8-13-20;1-4-17(5-2)13-27-21(32)15-31-12-8-10-19(25(31)37)29-23(35)18(9-6-7-11-22(33)34)28-24(36)20-14-26-16-30(20)3/h6-8,10-13,15-17,19,21,25H,4-5,9,14,18H2,1-3H3,(H,30,36)(H,31,37)(H,32,34)(H,39,40);7-8,10-12,14,16-18H,4-6,9,13,15H2,1-3H3,(H,27,32)(H,28,36)(H,29,35)(H,33,34)/b16-10+;/t19-,21+,25+;/m1./s1. The number of anilines is 2. The van der Waals surface area contributed by atoms with E-state index in [1.165, 1.54) is 76.5 Å². The first-order valence-electron chi connectivity index (χ1n) is 25.4. The van der Waals surface area contributed by atoms with Crippen molar-refractivity contribution in [2.24, 2.45) is 18.9 Å². The molecule has 24 heteroatoms. The average molecular weight is 1080 g/mol. The van der Waals surface area contributed by atoms with Crippen LogP contribution in [0.4, 0.5) is 11.4 Å². The fourth-order valence-corrected chi connectivity index (χ4v) is 7.31. The van der Waals surface area contributed by atoms with Gasteiger partial charge in [0, 0.05) is 43.7 Å². The molecule has 0 aliphatic carbocycles. The third-order valence-corrected chi connectivity index (χ3v) is 12.1. The minimum Gasteiger partial charge on any atom is -0.480 e. The molecule has 3 aromatic heterocycles. The van der Waals surface area contributed by atoms with Crippen LogP contribution in [0.25, 0.3) is 0 Å². The SMILES string of the molecule is CCC(CC)CNC(=O)Cn1cccc(NC(=O)C(CCC=CC(=O)O)NC(=O)c2cncn2C)c1=O.CCOC(=O)/C=C/CC[C@H](NC(=O)c1ccccc1)C(=O)Nc1cccn(CC(=O)N[C@H](C(=O)O)[C@H](C)CC)c1=O. The third-order valence-electron chi connectivity index (χ3n) is 12.1.